The van der Waals surface area contributed by atoms with Gasteiger partial charge in [0.1, 0.15) is 10.7 Å². The number of rotatable bonds is 3. The van der Waals surface area contributed by atoms with E-state index in [1.165, 1.54) is 17.9 Å². The smallest absolute Gasteiger partial charge is 0.339 e. The molecule has 6 nitrogen and oxygen atoms in total. The fourth-order valence-corrected chi connectivity index (χ4v) is 3.10. The van der Waals surface area contributed by atoms with Crippen molar-refractivity contribution in [1.29, 1.82) is 0 Å². The molecule has 2 rings (SSSR count). The second-order valence-electron chi connectivity index (χ2n) is 4.27. The zero-order valence-electron chi connectivity index (χ0n) is 10.5. The van der Waals surface area contributed by atoms with Crippen molar-refractivity contribution >= 4 is 46.0 Å². The van der Waals surface area contributed by atoms with Gasteiger partial charge in [-0.15, -0.1) is 0 Å². The topological polar surface area (TPSA) is 87.6 Å². The Morgan fingerprint density at radius 3 is 2.85 bits per heavy atom. The van der Waals surface area contributed by atoms with Crippen LogP contribution >= 0.6 is 23.4 Å². The molecular formula is C12H11ClN2O4S. The molecule has 2 heterocycles. The molecule has 1 fully saturated rings. The monoisotopic (exact) mass is 314 g/mol. The Bertz CT molecular complexity index is 593. The lowest BCUT2D eigenvalue weighted by atomic mass is 10.2. The summed E-state index contributed by atoms with van der Waals surface area (Å²) in [5, 5.41) is 9.00. The maximum Gasteiger partial charge on any atom is 0.339 e. The van der Waals surface area contributed by atoms with Crippen LogP contribution < -0.4 is 4.90 Å². The molecule has 8 heteroatoms. The third kappa shape index (κ3) is 3.10. The molecule has 1 atom stereocenters. The molecule has 1 aliphatic rings. The number of thioether (sulfide) groups is 1. The predicted octanol–water partition coefficient (Wildman–Crippen LogP) is 1.82. The molecule has 0 spiro atoms. The first kappa shape index (κ1) is 14.8. The van der Waals surface area contributed by atoms with Crippen LogP contribution in [0.3, 0.4) is 0 Å². The molecule has 1 amide bonds. The quantitative estimate of drug-likeness (QED) is 0.856. The van der Waals surface area contributed by atoms with E-state index in [0.717, 1.165) is 18.0 Å². The molecule has 1 unspecified atom stereocenters. The summed E-state index contributed by atoms with van der Waals surface area (Å²) in [7, 11) is 0. The van der Waals surface area contributed by atoms with E-state index >= 15 is 0 Å². The maximum atomic E-state index is 12.0. The minimum Gasteiger partial charge on any atom is -0.478 e. The fourth-order valence-electron chi connectivity index (χ4n) is 2.03. The summed E-state index contributed by atoms with van der Waals surface area (Å²) in [6.45, 7) is 1.72. The van der Waals surface area contributed by atoms with Gasteiger partial charge in [0.05, 0.1) is 5.69 Å². The molecule has 1 aliphatic heterocycles. The molecule has 0 saturated carbocycles. The molecule has 20 heavy (non-hydrogen) atoms. The van der Waals surface area contributed by atoms with Crippen molar-refractivity contribution in [3.8, 4) is 0 Å². The third-order valence-corrected chi connectivity index (χ3v) is 3.98. The van der Waals surface area contributed by atoms with Crippen LogP contribution in [0.4, 0.5) is 5.69 Å². The number of hydrogen-bond donors (Lipinski definition) is 1. The van der Waals surface area contributed by atoms with Crippen molar-refractivity contribution in [3.63, 3.8) is 0 Å². The summed E-state index contributed by atoms with van der Waals surface area (Å²) in [5.41, 5.74) is 0.130. The Balaban J connectivity index is 2.32. The second-order valence-corrected chi connectivity index (χ2v) is 6.13. The molecule has 0 bridgehead atoms. The molecule has 1 aromatic heterocycles. The van der Waals surface area contributed by atoms with Gasteiger partial charge in [-0.2, -0.15) is 0 Å². The number of carboxylic acids is 1. The minimum absolute atomic E-state index is 0.0733. The molecule has 0 radical (unpaired) electrons. The van der Waals surface area contributed by atoms with Crippen LogP contribution in [0.5, 0.6) is 0 Å². The zero-order valence-corrected chi connectivity index (χ0v) is 12.1. The van der Waals surface area contributed by atoms with E-state index in [9.17, 15) is 14.4 Å². The van der Waals surface area contributed by atoms with Crippen molar-refractivity contribution in [1.82, 2.24) is 4.98 Å². The average molecular weight is 315 g/mol. The van der Waals surface area contributed by atoms with Crippen molar-refractivity contribution in [2.75, 3.05) is 11.4 Å². The molecule has 0 aliphatic carbocycles. The molecule has 1 N–H and O–H groups in total. The average Bonchev–Trinajstić information content (AvgIpc) is 2.68. The number of carbonyl (C=O) groups excluding carboxylic acids is 2. The van der Waals surface area contributed by atoms with Gasteiger partial charge in [0.25, 0.3) is 0 Å². The Kier molecular flexibility index (Phi) is 4.29. The second kappa shape index (κ2) is 5.80. The van der Waals surface area contributed by atoms with E-state index in [-0.39, 0.29) is 45.6 Å². The number of carbonyl (C=O) groups is 3. The number of aromatic nitrogens is 1. The lowest BCUT2D eigenvalue weighted by Crippen LogP contribution is -2.27. The number of carboxylic acid groups (broad SMARTS) is 1. The van der Waals surface area contributed by atoms with Crippen molar-refractivity contribution < 1.29 is 19.5 Å². The number of hydrogen-bond acceptors (Lipinski definition) is 5. The van der Waals surface area contributed by atoms with Crippen LogP contribution in [0, 0.1) is 0 Å². The van der Waals surface area contributed by atoms with Gasteiger partial charge in [-0.1, -0.05) is 23.4 Å². The van der Waals surface area contributed by atoms with E-state index in [4.69, 9.17) is 16.7 Å². The largest absolute Gasteiger partial charge is 0.478 e. The van der Waals surface area contributed by atoms with Crippen LogP contribution in [0.1, 0.15) is 23.7 Å². The normalized spacial score (nSPS) is 18.4. The summed E-state index contributed by atoms with van der Waals surface area (Å²) in [5.74, 6) is -1.41. The summed E-state index contributed by atoms with van der Waals surface area (Å²) in [6.07, 6.45) is 1.32. The van der Waals surface area contributed by atoms with Gasteiger partial charge in [-0.3, -0.25) is 9.59 Å². The zero-order chi connectivity index (χ0) is 14.9. The highest BCUT2D eigenvalue weighted by molar-refractivity contribution is 8.14. The van der Waals surface area contributed by atoms with Crippen LogP contribution in [0.2, 0.25) is 5.15 Å². The number of pyridine rings is 1. The van der Waals surface area contributed by atoms with Crippen molar-refractivity contribution in [2.24, 2.45) is 0 Å². The van der Waals surface area contributed by atoms with Gasteiger partial charge in [0, 0.05) is 37.4 Å². The first-order chi connectivity index (χ1) is 9.38. The van der Waals surface area contributed by atoms with Gasteiger partial charge in [-0.25, -0.2) is 9.78 Å². The number of nitrogens with zero attached hydrogens (tertiary/aromatic N) is 2. The van der Waals surface area contributed by atoms with E-state index in [2.05, 4.69) is 4.98 Å². The fraction of sp³-hybridized carbons (Fsp3) is 0.333. The van der Waals surface area contributed by atoms with Crippen LogP contribution in [0.25, 0.3) is 0 Å². The number of halogens is 1. The molecule has 1 saturated heterocycles. The van der Waals surface area contributed by atoms with Gasteiger partial charge >= 0.3 is 5.97 Å². The van der Waals surface area contributed by atoms with Gasteiger partial charge in [0.15, 0.2) is 5.12 Å². The number of aromatic carboxylic acids is 1. The third-order valence-electron chi connectivity index (χ3n) is 2.79. The maximum absolute atomic E-state index is 12.0. The Morgan fingerprint density at radius 2 is 2.25 bits per heavy atom. The van der Waals surface area contributed by atoms with E-state index in [1.807, 2.05) is 0 Å². The number of anilines is 1. The summed E-state index contributed by atoms with van der Waals surface area (Å²) >= 11 is 6.85. The van der Waals surface area contributed by atoms with E-state index in [1.54, 1.807) is 0 Å². The van der Waals surface area contributed by atoms with Gasteiger partial charge in [0.2, 0.25) is 5.91 Å². The lowest BCUT2D eigenvalue weighted by molar-refractivity contribution is -0.117. The highest BCUT2D eigenvalue weighted by Gasteiger charge is 2.34. The summed E-state index contributed by atoms with van der Waals surface area (Å²) < 4.78 is 0. The van der Waals surface area contributed by atoms with Crippen LogP contribution in [-0.4, -0.2) is 38.9 Å². The number of amides is 1. The van der Waals surface area contributed by atoms with Crippen molar-refractivity contribution in [3.05, 3.63) is 23.0 Å². The minimum atomic E-state index is -1.18. The molecule has 1 aromatic rings. The highest BCUT2D eigenvalue weighted by Crippen LogP contribution is 2.31. The molecule has 106 valence electrons. The lowest BCUT2D eigenvalue weighted by Gasteiger charge is -2.18. The Hall–Kier alpha value is -1.60. The Morgan fingerprint density at radius 1 is 1.55 bits per heavy atom. The Labute approximate surface area is 124 Å². The SMILES string of the molecule is CC(=O)SC1CC(=O)N(c2cc(Cl)ncc2C(=O)O)C1. The highest BCUT2D eigenvalue weighted by atomic mass is 35.5. The summed E-state index contributed by atoms with van der Waals surface area (Å²) in [4.78, 5) is 39.3. The first-order valence-electron chi connectivity index (χ1n) is 5.75. The summed E-state index contributed by atoms with van der Waals surface area (Å²) in [6, 6.07) is 1.35. The van der Waals surface area contributed by atoms with Crippen LogP contribution in [0.15, 0.2) is 12.3 Å². The molecular weight excluding hydrogens is 304 g/mol. The standard InChI is InChI=1S/C12H11ClN2O4S/c1-6(16)20-7-2-11(17)15(5-7)9-3-10(13)14-4-8(9)12(18)19/h3-4,7H,2,5H2,1H3,(H,18,19). The van der Waals surface area contributed by atoms with E-state index in [0.29, 0.717) is 0 Å². The van der Waals surface area contributed by atoms with Gasteiger partial charge < -0.3 is 10.0 Å². The predicted molar refractivity (Wildman–Crippen MR) is 75.2 cm³/mol. The molecule has 0 aromatic carbocycles. The van der Waals surface area contributed by atoms with Crippen LogP contribution in [-0.2, 0) is 9.59 Å². The van der Waals surface area contributed by atoms with Crippen molar-refractivity contribution in [2.45, 2.75) is 18.6 Å². The van der Waals surface area contributed by atoms with E-state index < -0.39 is 5.97 Å². The van der Waals surface area contributed by atoms with Gasteiger partial charge in [-0.05, 0) is 0 Å². The first-order valence-corrected chi connectivity index (χ1v) is 7.00.